The van der Waals surface area contributed by atoms with Gasteiger partial charge in [0.1, 0.15) is 18.2 Å². The van der Waals surface area contributed by atoms with Gasteiger partial charge in [0, 0.05) is 30.8 Å². The molecule has 1 N–H and O–H groups in total. The fourth-order valence-electron chi connectivity index (χ4n) is 3.38. The van der Waals surface area contributed by atoms with Crippen LogP contribution in [-0.4, -0.2) is 41.5 Å². The number of benzene rings is 2. The van der Waals surface area contributed by atoms with Crippen LogP contribution in [0.2, 0.25) is 0 Å². The average molecular weight is 491 g/mol. The predicted octanol–water partition coefficient (Wildman–Crippen LogP) is 3.17. The van der Waals surface area contributed by atoms with Crippen molar-refractivity contribution in [2.24, 2.45) is 0 Å². The van der Waals surface area contributed by atoms with Gasteiger partial charge in [-0.2, -0.15) is 9.40 Å². The van der Waals surface area contributed by atoms with Crippen LogP contribution in [0.3, 0.4) is 0 Å². The number of hydrogen-bond donors (Lipinski definition) is 1. The molecule has 0 fully saturated rings. The second kappa shape index (κ2) is 10.2. The first-order valence-electron chi connectivity index (χ1n) is 10.5. The summed E-state index contributed by atoms with van der Waals surface area (Å²) in [5, 5.41) is 6.38. The molecular formula is C23H24F2N4O4S. The predicted molar refractivity (Wildman–Crippen MR) is 124 cm³/mol. The van der Waals surface area contributed by atoms with Crippen molar-refractivity contribution >= 4 is 21.6 Å². The van der Waals surface area contributed by atoms with Crippen molar-refractivity contribution < 1.29 is 22.0 Å². The molecule has 8 nitrogen and oxygen atoms in total. The maximum atomic E-state index is 13.8. The Morgan fingerprint density at radius 3 is 2.44 bits per heavy atom. The topological polar surface area (TPSA) is 101 Å². The second-order valence-electron chi connectivity index (χ2n) is 7.46. The van der Waals surface area contributed by atoms with Gasteiger partial charge in [0.2, 0.25) is 15.9 Å². The van der Waals surface area contributed by atoms with Gasteiger partial charge in [0.15, 0.2) is 0 Å². The minimum Gasteiger partial charge on any atom is -0.322 e. The van der Waals surface area contributed by atoms with E-state index >= 15 is 0 Å². The van der Waals surface area contributed by atoms with Crippen molar-refractivity contribution in [1.29, 1.82) is 0 Å². The number of aromatic nitrogens is 2. The van der Waals surface area contributed by atoms with Crippen LogP contribution in [0.5, 0.6) is 0 Å². The Bertz CT molecular complexity index is 1390. The number of sulfonamides is 1. The van der Waals surface area contributed by atoms with Crippen LogP contribution < -0.4 is 10.9 Å². The Balaban J connectivity index is 1.92. The lowest BCUT2D eigenvalue weighted by atomic mass is 10.1. The van der Waals surface area contributed by atoms with Gasteiger partial charge in [-0.15, -0.1) is 0 Å². The van der Waals surface area contributed by atoms with Gasteiger partial charge >= 0.3 is 0 Å². The summed E-state index contributed by atoms with van der Waals surface area (Å²) in [6.45, 7) is 5.25. The molecule has 2 aromatic carbocycles. The van der Waals surface area contributed by atoms with Crippen LogP contribution in [0.1, 0.15) is 19.4 Å². The molecule has 0 aliphatic heterocycles. The molecule has 1 aromatic heterocycles. The highest BCUT2D eigenvalue weighted by Gasteiger charge is 2.24. The Hall–Kier alpha value is -3.44. The number of carbonyl (C=O) groups is 1. The minimum atomic E-state index is -3.74. The lowest BCUT2D eigenvalue weighted by Crippen LogP contribution is -2.31. The fourth-order valence-corrected chi connectivity index (χ4v) is 5.08. The standard InChI is InChI=1S/C23H24F2N4O4S/c1-4-28(5-2)34(32,33)21-12-16(7-6-15(21)3)19-10-11-23(31)29(27-19)14-22(30)26-20-13-17(24)8-9-18(20)25/h6-13H,4-5,14H2,1-3H3,(H,26,30). The number of anilines is 1. The molecule has 1 heterocycles. The summed E-state index contributed by atoms with van der Waals surface area (Å²) in [6.07, 6.45) is 0. The number of nitrogens with one attached hydrogen (secondary N) is 1. The molecule has 1 amide bonds. The molecule has 0 aliphatic rings. The molecule has 0 radical (unpaired) electrons. The molecule has 0 saturated carbocycles. The first-order chi connectivity index (χ1) is 16.1. The Morgan fingerprint density at radius 1 is 1.06 bits per heavy atom. The lowest BCUT2D eigenvalue weighted by Gasteiger charge is -2.20. The second-order valence-corrected chi connectivity index (χ2v) is 9.36. The first kappa shape index (κ1) is 25.2. The average Bonchev–Trinajstić information content (AvgIpc) is 2.78. The number of aryl methyl sites for hydroxylation is 1. The van der Waals surface area contributed by atoms with Crippen molar-refractivity contribution in [3.8, 4) is 11.3 Å². The molecule has 3 aromatic rings. The number of hydrogen-bond acceptors (Lipinski definition) is 5. The summed E-state index contributed by atoms with van der Waals surface area (Å²) >= 11 is 0. The van der Waals surface area contributed by atoms with E-state index in [0.29, 0.717) is 24.2 Å². The highest BCUT2D eigenvalue weighted by molar-refractivity contribution is 7.89. The summed E-state index contributed by atoms with van der Waals surface area (Å²) in [5.41, 5.74) is 0.295. The van der Waals surface area contributed by atoms with Crippen molar-refractivity contribution in [2.75, 3.05) is 18.4 Å². The zero-order valence-corrected chi connectivity index (χ0v) is 19.7. The molecule has 0 bridgehead atoms. The zero-order valence-electron chi connectivity index (χ0n) is 18.9. The van der Waals surface area contributed by atoms with Crippen molar-refractivity contribution in [1.82, 2.24) is 14.1 Å². The van der Waals surface area contributed by atoms with Gasteiger partial charge in [-0.3, -0.25) is 9.59 Å². The van der Waals surface area contributed by atoms with Crippen LogP contribution in [0.4, 0.5) is 14.5 Å². The van der Waals surface area contributed by atoms with Crippen molar-refractivity contribution in [2.45, 2.75) is 32.2 Å². The Kier molecular flexibility index (Phi) is 7.57. The molecule has 0 atom stereocenters. The highest BCUT2D eigenvalue weighted by atomic mass is 32.2. The molecule has 0 aliphatic carbocycles. The molecule has 180 valence electrons. The quantitative estimate of drug-likeness (QED) is 0.523. The van der Waals surface area contributed by atoms with Gasteiger partial charge in [-0.25, -0.2) is 21.9 Å². The summed E-state index contributed by atoms with van der Waals surface area (Å²) in [4.78, 5) is 24.7. The molecule has 0 unspecified atom stereocenters. The van der Waals surface area contributed by atoms with E-state index in [0.717, 1.165) is 22.9 Å². The number of carbonyl (C=O) groups excluding carboxylic acids is 1. The molecule has 0 spiro atoms. The van der Waals surface area contributed by atoms with Gasteiger partial charge in [-0.05, 0) is 36.8 Å². The lowest BCUT2D eigenvalue weighted by molar-refractivity contribution is -0.117. The maximum absolute atomic E-state index is 13.8. The number of nitrogens with zero attached hydrogens (tertiary/aromatic N) is 3. The zero-order chi connectivity index (χ0) is 25.0. The highest BCUT2D eigenvalue weighted by Crippen LogP contribution is 2.26. The van der Waals surface area contributed by atoms with Crippen LogP contribution in [-0.2, 0) is 21.4 Å². The van der Waals surface area contributed by atoms with Crippen LogP contribution in [0.25, 0.3) is 11.3 Å². The minimum absolute atomic E-state index is 0.118. The van der Waals surface area contributed by atoms with Crippen LogP contribution in [0.15, 0.2) is 58.2 Å². The molecule has 34 heavy (non-hydrogen) atoms. The van der Waals surface area contributed by atoms with E-state index in [4.69, 9.17) is 0 Å². The van der Waals surface area contributed by atoms with Crippen molar-refractivity contribution in [3.05, 3.63) is 76.1 Å². The van der Waals surface area contributed by atoms with Crippen LogP contribution >= 0.6 is 0 Å². The third kappa shape index (κ3) is 5.37. The Labute approximate surface area is 195 Å². The summed E-state index contributed by atoms with van der Waals surface area (Å²) < 4.78 is 55.4. The van der Waals surface area contributed by atoms with E-state index in [9.17, 15) is 26.8 Å². The van der Waals surface area contributed by atoms with E-state index in [1.54, 1.807) is 32.9 Å². The van der Waals surface area contributed by atoms with E-state index in [-0.39, 0.29) is 16.3 Å². The van der Waals surface area contributed by atoms with Crippen LogP contribution in [0, 0.1) is 18.6 Å². The molecule has 3 rings (SSSR count). The first-order valence-corrected chi connectivity index (χ1v) is 11.9. The monoisotopic (exact) mass is 490 g/mol. The third-order valence-electron chi connectivity index (χ3n) is 5.17. The number of rotatable bonds is 8. The van der Waals surface area contributed by atoms with Gasteiger partial charge in [0.25, 0.3) is 5.56 Å². The maximum Gasteiger partial charge on any atom is 0.267 e. The number of amides is 1. The van der Waals surface area contributed by atoms with Gasteiger partial charge < -0.3 is 5.32 Å². The third-order valence-corrected chi connectivity index (χ3v) is 7.36. The largest absolute Gasteiger partial charge is 0.322 e. The summed E-state index contributed by atoms with van der Waals surface area (Å²) in [6, 6.07) is 10.00. The van der Waals surface area contributed by atoms with Gasteiger partial charge in [0.05, 0.1) is 16.3 Å². The summed E-state index contributed by atoms with van der Waals surface area (Å²) in [5.74, 6) is -2.35. The van der Waals surface area contributed by atoms with E-state index < -0.39 is 39.7 Å². The molecule has 11 heteroatoms. The summed E-state index contributed by atoms with van der Waals surface area (Å²) in [7, 11) is -3.74. The van der Waals surface area contributed by atoms with E-state index in [1.165, 1.54) is 22.5 Å². The Morgan fingerprint density at radius 2 is 1.76 bits per heavy atom. The smallest absolute Gasteiger partial charge is 0.267 e. The molecule has 0 saturated heterocycles. The van der Waals surface area contributed by atoms with Gasteiger partial charge in [-0.1, -0.05) is 26.0 Å². The van der Waals surface area contributed by atoms with Crippen molar-refractivity contribution in [3.63, 3.8) is 0 Å². The normalized spacial score (nSPS) is 11.6. The fraction of sp³-hybridized carbons (Fsp3) is 0.261. The van der Waals surface area contributed by atoms with E-state index in [1.807, 2.05) is 0 Å². The SMILES string of the molecule is CCN(CC)S(=O)(=O)c1cc(-c2ccc(=O)n(CC(=O)Nc3cc(F)ccc3F)n2)ccc1C. The van der Waals surface area contributed by atoms with E-state index in [2.05, 4.69) is 10.4 Å². The number of halogens is 2. The molecular weight excluding hydrogens is 466 g/mol.